The van der Waals surface area contributed by atoms with Crippen LogP contribution in [0.4, 0.5) is 11.4 Å². The second kappa shape index (κ2) is 5.39. The lowest BCUT2D eigenvalue weighted by Gasteiger charge is -2.29. The molecule has 4 nitrogen and oxygen atoms in total. The molecule has 1 aliphatic rings. The quantitative estimate of drug-likeness (QED) is 0.596. The van der Waals surface area contributed by atoms with Gasteiger partial charge in [-0.2, -0.15) is 0 Å². The van der Waals surface area contributed by atoms with Crippen LogP contribution in [0.1, 0.15) is 5.56 Å². The van der Waals surface area contributed by atoms with Gasteiger partial charge in [-0.05, 0) is 30.3 Å². The van der Waals surface area contributed by atoms with Crippen molar-refractivity contribution in [3.05, 3.63) is 74.9 Å². The Morgan fingerprint density at radius 1 is 1.10 bits per heavy atom. The van der Waals surface area contributed by atoms with Crippen LogP contribution in [0.3, 0.4) is 0 Å². The molecule has 2 aromatic rings. The number of fused-ring (bicyclic) bond motifs is 1. The van der Waals surface area contributed by atoms with E-state index in [1.807, 2.05) is 35.2 Å². The molecule has 0 aliphatic carbocycles. The minimum Gasteiger partial charge on any atom is -0.330 e. The van der Waals surface area contributed by atoms with Gasteiger partial charge < -0.3 is 4.90 Å². The van der Waals surface area contributed by atoms with E-state index in [0.29, 0.717) is 10.6 Å². The average molecular weight is 321 g/mol. The van der Waals surface area contributed by atoms with Crippen LogP contribution in [0.5, 0.6) is 0 Å². The molecular formula is C15H10Cl2N2O2. The maximum Gasteiger partial charge on any atom is 0.284 e. The summed E-state index contributed by atoms with van der Waals surface area (Å²) in [5.41, 5.74) is 2.21. The lowest BCUT2D eigenvalue weighted by atomic mass is 10.0. The van der Waals surface area contributed by atoms with Gasteiger partial charge in [-0.15, -0.1) is 0 Å². The van der Waals surface area contributed by atoms with Gasteiger partial charge >= 0.3 is 0 Å². The lowest BCUT2D eigenvalue weighted by molar-refractivity contribution is -0.424. The van der Waals surface area contributed by atoms with Crippen LogP contribution in [0.2, 0.25) is 5.02 Å². The minimum atomic E-state index is -0.435. The third-order valence-electron chi connectivity index (χ3n) is 3.34. The maximum absolute atomic E-state index is 11.2. The summed E-state index contributed by atoms with van der Waals surface area (Å²) < 4.78 is 0. The van der Waals surface area contributed by atoms with Gasteiger partial charge in [0.2, 0.25) is 0 Å². The van der Waals surface area contributed by atoms with Crippen LogP contribution >= 0.6 is 23.2 Å². The molecule has 0 amide bonds. The summed E-state index contributed by atoms with van der Waals surface area (Å²) in [5.74, 6) is 0. The molecule has 1 heterocycles. The maximum atomic E-state index is 11.2. The largest absolute Gasteiger partial charge is 0.330 e. The van der Waals surface area contributed by atoms with Crippen LogP contribution in [0.25, 0.3) is 5.03 Å². The van der Waals surface area contributed by atoms with Gasteiger partial charge in [-0.3, -0.25) is 10.1 Å². The predicted octanol–water partition coefficient (Wildman–Crippen LogP) is 4.68. The molecule has 2 aromatic carbocycles. The van der Waals surface area contributed by atoms with E-state index < -0.39 is 4.92 Å². The second-order valence-electron chi connectivity index (χ2n) is 4.60. The van der Waals surface area contributed by atoms with Gasteiger partial charge in [-0.1, -0.05) is 41.4 Å². The highest BCUT2D eigenvalue weighted by Gasteiger charge is 2.31. The smallest absolute Gasteiger partial charge is 0.284 e. The van der Waals surface area contributed by atoms with E-state index in [4.69, 9.17) is 23.2 Å². The van der Waals surface area contributed by atoms with E-state index in [-0.39, 0.29) is 17.3 Å². The Labute approximate surface area is 131 Å². The van der Waals surface area contributed by atoms with Crippen LogP contribution < -0.4 is 4.90 Å². The monoisotopic (exact) mass is 320 g/mol. The fourth-order valence-electron chi connectivity index (χ4n) is 2.35. The first-order chi connectivity index (χ1) is 10.1. The highest BCUT2D eigenvalue weighted by Crippen LogP contribution is 2.41. The van der Waals surface area contributed by atoms with Crippen molar-refractivity contribution < 1.29 is 4.92 Å². The van der Waals surface area contributed by atoms with Gasteiger partial charge in [0, 0.05) is 16.3 Å². The molecule has 0 spiro atoms. The van der Waals surface area contributed by atoms with Crippen molar-refractivity contribution >= 4 is 39.6 Å². The van der Waals surface area contributed by atoms with Gasteiger partial charge in [0.1, 0.15) is 11.6 Å². The Hall–Kier alpha value is -2.04. The van der Waals surface area contributed by atoms with Crippen molar-refractivity contribution in [3.8, 4) is 0 Å². The second-order valence-corrected chi connectivity index (χ2v) is 5.42. The van der Waals surface area contributed by atoms with Crippen molar-refractivity contribution in [1.82, 2.24) is 0 Å². The molecule has 0 fully saturated rings. The number of halogens is 2. The number of nitrogens with zero attached hydrogens (tertiary/aromatic N) is 2. The van der Waals surface area contributed by atoms with Gasteiger partial charge in [-0.25, -0.2) is 0 Å². The van der Waals surface area contributed by atoms with Crippen molar-refractivity contribution in [2.75, 3.05) is 11.4 Å². The third kappa shape index (κ3) is 2.48. The van der Waals surface area contributed by atoms with Crippen LogP contribution in [-0.2, 0) is 0 Å². The fraction of sp³-hybridized carbons (Fsp3) is 0.0667. The average Bonchev–Trinajstić information content (AvgIpc) is 2.48. The number of hydrogen-bond donors (Lipinski definition) is 0. The van der Waals surface area contributed by atoms with Crippen LogP contribution in [0, 0.1) is 10.1 Å². The first-order valence-electron chi connectivity index (χ1n) is 6.23. The minimum absolute atomic E-state index is 0.0182. The molecule has 1 aliphatic heterocycles. The first kappa shape index (κ1) is 13.9. The highest BCUT2D eigenvalue weighted by atomic mass is 35.5. The van der Waals surface area contributed by atoms with Crippen LogP contribution in [0.15, 0.2) is 54.2 Å². The molecule has 0 saturated carbocycles. The molecule has 3 rings (SSSR count). The SMILES string of the molecule is O=[N+]([O-])C1=C(Cl)c2ccc(Cl)cc2N(c2ccccc2)C1. The summed E-state index contributed by atoms with van der Waals surface area (Å²) in [5, 5.41) is 12.0. The predicted molar refractivity (Wildman–Crippen MR) is 84.7 cm³/mol. The Morgan fingerprint density at radius 3 is 2.48 bits per heavy atom. The third-order valence-corrected chi connectivity index (χ3v) is 3.99. The van der Waals surface area contributed by atoms with Crippen LogP contribution in [-0.4, -0.2) is 11.5 Å². The summed E-state index contributed by atoms with van der Waals surface area (Å²) in [4.78, 5) is 12.6. The Bertz CT molecular complexity index is 745. The van der Waals surface area contributed by atoms with E-state index in [1.54, 1.807) is 18.2 Å². The molecule has 6 heteroatoms. The molecule has 0 unspecified atom stereocenters. The zero-order chi connectivity index (χ0) is 15.0. The number of rotatable bonds is 2. The summed E-state index contributed by atoms with van der Waals surface area (Å²) in [6.07, 6.45) is 0. The van der Waals surface area contributed by atoms with Crippen molar-refractivity contribution in [3.63, 3.8) is 0 Å². The standard InChI is InChI=1S/C15H10Cl2N2O2/c16-10-6-7-12-13(8-10)18(11-4-2-1-3-5-11)9-14(15(12)17)19(20)21/h1-8H,9H2. The lowest BCUT2D eigenvalue weighted by Crippen LogP contribution is -2.27. The normalized spacial score (nSPS) is 14.1. The topological polar surface area (TPSA) is 46.4 Å². The first-order valence-corrected chi connectivity index (χ1v) is 6.99. The summed E-state index contributed by atoms with van der Waals surface area (Å²) in [6.45, 7) is 0.100. The van der Waals surface area contributed by atoms with E-state index in [0.717, 1.165) is 11.4 Å². The van der Waals surface area contributed by atoms with E-state index >= 15 is 0 Å². The molecule has 0 atom stereocenters. The summed E-state index contributed by atoms with van der Waals surface area (Å²) in [6, 6.07) is 14.6. The molecule has 0 aromatic heterocycles. The van der Waals surface area contributed by atoms with E-state index in [1.165, 1.54) is 0 Å². The molecule has 21 heavy (non-hydrogen) atoms. The molecule has 0 N–H and O–H groups in total. The molecular weight excluding hydrogens is 311 g/mol. The summed E-state index contributed by atoms with van der Waals surface area (Å²) in [7, 11) is 0. The number of benzene rings is 2. The fourth-order valence-corrected chi connectivity index (χ4v) is 2.80. The number of anilines is 2. The molecule has 106 valence electrons. The Morgan fingerprint density at radius 2 is 1.81 bits per heavy atom. The van der Waals surface area contributed by atoms with Gasteiger partial charge in [0.15, 0.2) is 0 Å². The van der Waals surface area contributed by atoms with E-state index in [9.17, 15) is 10.1 Å². The Kier molecular flexibility index (Phi) is 3.57. The van der Waals surface area contributed by atoms with Gasteiger partial charge in [0.25, 0.3) is 5.70 Å². The van der Waals surface area contributed by atoms with Crippen molar-refractivity contribution in [1.29, 1.82) is 0 Å². The van der Waals surface area contributed by atoms with Crippen molar-refractivity contribution in [2.45, 2.75) is 0 Å². The molecule has 0 bridgehead atoms. The number of para-hydroxylation sites is 1. The highest BCUT2D eigenvalue weighted by molar-refractivity contribution is 6.50. The zero-order valence-corrected chi connectivity index (χ0v) is 12.3. The molecule has 0 saturated heterocycles. The van der Waals surface area contributed by atoms with E-state index in [2.05, 4.69) is 0 Å². The number of hydrogen-bond acceptors (Lipinski definition) is 3. The Balaban J connectivity index is 2.21. The van der Waals surface area contributed by atoms with Crippen molar-refractivity contribution in [2.24, 2.45) is 0 Å². The molecule has 0 radical (unpaired) electrons. The van der Waals surface area contributed by atoms with Gasteiger partial charge in [0.05, 0.1) is 10.6 Å². The zero-order valence-electron chi connectivity index (χ0n) is 10.8. The number of nitro groups is 1. The summed E-state index contributed by atoms with van der Waals surface area (Å²) >= 11 is 12.2.